The highest BCUT2D eigenvalue weighted by Crippen LogP contribution is 2.23. The van der Waals surface area contributed by atoms with Crippen LogP contribution in [0.5, 0.6) is 0 Å². The van der Waals surface area contributed by atoms with Crippen LogP contribution in [-0.2, 0) is 14.3 Å². The molecule has 1 aromatic rings. The number of likely N-dealkylation sites (tertiary alicyclic amines) is 1. The van der Waals surface area contributed by atoms with Crippen LogP contribution in [0.15, 0.2) is 27.8 Å². The minimum atomic E-state index is -0.969. The smallest absolute Gasteiger partial charge is 0.337 e. The zero-order valence-corrected chi connectivity index (χ0v) is 18.5. The summed E-state index contributed by atoms with van der Waals surface area (Å²) in [6.07, 6.45) is 1.76. The standard InChI is InChI=1S/C20H28FN5O4S/c1-3-30-20(29)15-8-23-18(19-22-6-7-31-19)24-16(15)11-26-9-13(21)4-5-14(26)10-25(2)12-17(27)28/h6-7,13-14H,3-5,8-12H2,1-2H3,(H,23,24)(H,27,28). The number of ether oxygens (including phenoxy) is 1. The zero-order chi connectivity index (χ0) is 22.4. The Morgan fingerprint density at radius 1 is 1.45 bits per heavy atom. The van der Waals surface area contributed by atoms with E-state index in [1.165, 1.54) is 11.3 Å². The normalized spacial score (nSPS) is 22.3. The molecule has 1 saturated heterocycles. The number of nitrogens with one attached hydrogen (secondary N) is 1. The van der Waals surface area contributed by atoms with E-state index < -0.39 is 18.1 Å². The maximum atomic E-state index is 14.3. The summed E-state index contributed by atoms with van der Waals surface area (Å²) >= 11 is 1.43. The van der Waals surface area contributed by atoms with Crippen LogP contribution >= 0.6 is 11.3 Å². The number of carboxylic acids is 1. The average molecular weight is 454 g/mol. The fourth-order valence-electron chi connectivity index (χ4n) is 3.82. The number of hydrogen-bond acceptors (Lipinski definition) is 9. The molecule has 0 saturated carbocycles. The van der Waals surface area contributed by atoms with Gasteiger partial charge in [-0.1, -0.05) is 0 Å². The highest BCUT2D eigenvalue weighted by molar-refractivity contribution is 7.11. The summed E-state index contributed by atoms with van der Waals surface area (Å²) in [6, 6.07) is -0.0312. The zero-order valence-electron chi connectivity index (χ0n) is 17.7. The van der Waals surface area contributed by atoms with E-state index in [9.17, 15) is 14.0 Å². The quantitative estimate of drug-likeness (QED) is 0.536. The minimum absolute atomic E-state index is 0.0312. The molecule has 0 aromatic carbocycles. The molecule has 11 heteroatoms. The van der Waals surface area contributed by atoms with Crippen molar-refractivity contribution in [2.45, 2.75) is 32.0 Å². The molecular weight excluding hydrogens is 425 g/mol. The molecule has 2 unspecified atom stereocenters. The number of halogens is 1. The molecule has 0 aliphatic carbocycles. The lowest BCUT2D eigenvalue weighted by Crippen LogP contribution is -2.52. The van der Waals surface area contributed by atoms with E-state index in [4.69, 9.17) is 9.84 Å². The fraction of sp³-hybridized carbons (Fsp3) is 0.600. The molecule has 0 amide bonds. The Hall–Kier alpha value is -2.37. The number of aromatic nitrogens is 1. The number of rotatable bonds is 9. The maximum Gasteiger partial charge on any atom is 0.337 e. The number of aliphatic imine (C=N–C) groups is 1. The first-order chi connectivity index (χ1) is 14.9. The van der Waals surface area contributed by atoms with E-state index in [0.29, 0.717) is 48.0 Å². The Balaban J connectivity index is 1.80. The largest absolute Gasteiger partial charge is 0.480 e. The van der Waals surface area contributed by atoms with Crippen molar-refractivity contribution in [3.8, 4) is 0 Å². The second-order valence-corrected chi connectivity index (χ2v) is 8.55. The third-order valence-electron chi connectivity index (χ3n) is 5.24. The molecule has 2 aliphatic heterocycles. The van der Waals surface area contributed by atoms with Crippen molar-refractivity contribution in [2.24, 2.45) is 4.99 Å². The third-order valence-corrected chi connectivity index (χ3v) is 6.02. The molecule has 3 heterocycles. The van der Waals surface area contributed by atoms with Gasteiger partial charge in [-0.05, 0) is 26.8 Å². The van der Waals surface area contributed by atoms with E-state index in [-0.39, 0.29) is 32.3 Å². The lowest BCUT2D eigenvalue weighted by molar-refractivity contribution is -0.139. The molecule has 3 rings (SSSR count). The Kier molecular flexibility index (Phi) is 8.10. The van der Waals surface area contributed by atoms with Crippen LogP contribution in [0.25, 0.3) is 0 Å². The van der Waals surface area contributed by atoms with Crippen LogP contribution in [0, 0.1) is 0 Å². The highest BCUT2D eigenvalue weighted by atomic mass is 32.1. The molecule has 2 N–H and O–H groups in total. The van der Waals surface area contributed by atoms with Gasteiger partial charge in [0.1, 0.15) is 6.17 Å². The number of nitrogens with zero attached hydrogens (tertiary/aromatic N) is 4. The summed E-state index contributed by atoms with van der Waals surface area (Å²) in [5.74, 6) is -0.773. The molecule has 170 valence electrons. The van der Waals surface area contributed by atoms with Crippen LogP contribution < -0.4 is 5.32 Å². The summed E-state index contributed by atoms with van der Waals surface area (Å²) in [7, 11) is 1.74. The van der Waals surface area contributed by atoms with Gasteiger partial charge in [-0.3, -0.25) is 19.6 Å². The van der Waals surface area contributed by atoms with Gasteiger partial charge in [-0.15, -0.1) is 11.3 Å². The van der Waals surface area contributed by atoms with Crippen molar-refractivity contribution in [2.75, 3.05) is 46.4 Å². The molecule has 0 spiro atoms. The van der Waals surface area contributed by atoms with Crippen LogP contribution in [-0.4, -0.2) is 96.3 Å². The maximum absolute atomic E-state index is 14.3. The van der Waals surface area contributed by atoms with Crippen molar-refractivity contribution >= 4 is 29.1 Å². The summed E-state index contributed by atoms with van der Waals surface area (Å²) in [6.45, 7) is 3.09. The van der Waals surface area contributed by atoms with E-state index in [2.05, 4.69) is 15.3 Å². The lowest BCUT2D eigenvalue weighted by Gasteiger charge is -2.40. The fourth-order valence-corrected chi connectivity index (χ4v) is 4.42. The van der Waals surface area contributed by atoms with Crippen molar-refractivity contribution in [1.82, 2.24) is 20.1 Å². The first-order valence-electron chi connectivity index (χ1n) is 10.3. The molecule has 1 aromatic heterocycles. The molecule has 31 heavy (non-hydrogen) atoms. The number of carbonyl (C=O) groups excluding carboxylic acids is 1. The van der Waals surface area contributed by atoms with E-state index >= 15 is 0 Å². The number of carbonyl (C=O) groups is 2. The topological polar surface area (TPSA) is 107 Å². The first kappa shape index (κ1) is 23.3. The van der Waals surface area contributed by atoms with Crippen LogP contribution in [0.2, 0.25) is 0 Å². The van der Waals surface area contributed by atoms with Crippen molar-refractivity contribution in [3.05, 3.63) is 27.9 Å². The van der Waals surface area contributed by atoms with Gasteiger partial charge in [0, 0.05) is 43.0 Å². The molecule has 1 fully saturated rings. The minimum Gasteiger partial charge on any atom is -0.480 e. The average Bonchev–Trinajstić information content (AvgIpc) is 3.24. The van der Waals surface area contributed by atoms with Gasteiger partial charge in [-0.2, -0.15) is 0 Å². The summed E-state index contributed by atoms with van der Waals surface area (Å²) in [4.78, 5) is 36.0. The number of amidine groups is 1. The van der Waals surface area contributed by atoms with Gasteiger partial charge < -0.3 is 15.2 Å². The lowest BCUT2D eigenvalue weighted by atomic mass is 9.99. The Bertz CT molecular complexity index is 845. The van der Waals surface area contributed by atoms with Crippen LogP contribution in [0.3, 0.4) is 0 Å². The number of alkyl halides is 1. The Labute approximate surface area is 184 Å². The number of esters is 1. The van der Waals surface area contributed by atoms with Gasteiger partial charge in [0.2, 0.25) is 0 Å². The van der Waals surface area contributed by atoms with Gasteiger partial charge in [-0.25, -0.2) is 14.2 Å². The number of thiazole rings is 1. The van der Waals surface area contributed by atoms with Gasteiger partial charge in [0.15, 0.2) is 10.8 Å². The van der Waals surface area contributed by atoms with Gasteiger partial charge in [0.05, 0.1) is 25.3 Å². The summed E-state index contributed by atoms with van der Waals surface area (Å²) in [5.41, 5.74) is 1.04. The number of carboxylic acid groups (broad SMARTS) is 1. The number of aliphatic carboxylic acids is 1. The Morgan fingerprint density at radius 2 is 2.26 bits per heavy atom. The first-order valence-corrected chi connectivity index (χ1v) is 11.1. The second-order valence-electron chi connectivity index (χ2n) is 7.65. The second kappa shape index (κ2) is 10.8. The molecule has 0 radical (unpaired) electrons. The summed E-state index contributed by atoms with van der Waals surface area (Å²) < 4.78 is 19.5. The number of piperidine rings is 1. The van der Waals surface area contributed by atoms with Gasteiger partial charge >= 0.3 is 11.9 Å². The van der Waals surface area contributed by atoms with E-state index in [1.54, 1.807) is 25.1 Å². The molecule has 2 aliphatic rings. The molecule has 9 nitrogen and oxygen atoms in total. The summed E-state index contributed by atoms with van der Waals surface area (Å²) in [5, 5.41) is 14.8. The van der Waals surface area contributed by atoms with E-state index in [0.717, 1.165) is 0 Å². The van der Waals surface area contributed by atoms with E-state index in [1.807, 2.05) is 10.3 Å². The SMILES string of the molecule is CCOC(=O)C1=C(CN2CC(F)CCC2CN(C)CC(=O)O)NC(c2nccs2)=NC1. The number of hydrogen-bond donors (Lipinski definition) is 2. The predicted octanol–water partition coefficient (Wildman–Crippen LogP) is 1.13. The number of likely N-dealkylation sites (N-methyl/N-ethyl adjacent to an activating group) is 1. The molecular formula is C20H28FN5O4S. The van der Waals surface area contributed by atoms with Crippen LogP contribution in [0.1, 0.15) is 24.8 Å². The predicted molar refractivity (Wildman–Crippen MR) is 115 cm³/mol. The molecule has 2 atom stereocenters. The van der Waals surface area contributed by atoms with Crippen LogP contribution in [0.4, 0.5) is 4.39 Å². The third kappa shape index (κ3) is 6.31. The monoisotopic (exact) mass is 453 g/mol. The van der Waals surface area contributed by atoms with Crippen molar-refractivity contribution in [3.63, 3.8) is 0 Å². The molecule has 0 bridgehead atoms. The highest BCUT2D eigenvalue weighted by Gasteiger charge is 2.32. The van der Waals surface area contributed by atoms with Crippen molar-refractivity contribution in [1.29, 1.82) is 0 Å². The van der Waals surface area contributed by atoms with Crippen molar-refractivity contribution < 1.29 is 23.8 Å². The van der Waals surface area contributed by atoms with Gasteiger partial charge in [0.25, 0.3) is 0 Å². The Morgan fingerprint density at radius 3 is 2.94 bits per heavy atom.